The Morgan fingerprint density at radius 2 is 1.62 bits per heavy atom. The van der Waals surface area contributed by atoms with Crippen molar-refractivity contribution < 1.29 is 33.3 Å². The minimum Gasteiger partial charge on any atom is -0.492 e. The van der Waals surface area contributed by atoms with E-state index in [4.69, 9.17) is 18.9 Å². The van der Waals surface area contributed by atoms with Gasteiger partial charge in [0.15, 0.2) is 11.5 Å². The van der Waals surface area contributed by atoms with Crippen LogP contribution in [0, 0.1) is 6.92 Å². The number of hydrogen-bond donors (Lipinski definition) is 0. The van der Waals surface area contributed by atoms with Gasteiger partial charge in [0, 0.05) is 37.0 Å². The highest BCUT2D eigenvalue weighted by molar-refractivity contribution is 5.89. The maximum atomic E-state index is 12.5. The number of carbonyl (C=O) groups is 3. The van der Waals surface area contributed by atoms with Gasteiger partial charge in [-0.05, 0) is 46.3 Å². The van der Waals surface area contributed by atoms with Crippen LogP contribution in [0.5, 0.6) is 17.2 Å². The zero-order chi connectivity index (χ0) is 24.6. The molecule has 0 amide bonds. The standard InChI is InChI=1S/C25H32O7/c1-10-15(4)25(28)32-21(12-11-14(2)3)16(5)20-13-22(30-18(7)26)17(6)23(29-9)24(20)31-19(8)27/h10-11,13,21H,5,12H2,1-4,6-9H3/b15-10-/t21-/m0/s1. The first-order valence-electron chi connectivity index (χ1n) is 10.2. The number of benzene rings is 1. The molecule has 1 aromatic carbocycles. The van der Waals surface area contributed by atoms with Crippen molar-refractivity contribution in [2.45, 2.75) is 61.0 Å². The smallest absolute Gasteiger partial charge is 0.333 e. The van der Waals surface area contributed by atoms with Crippen molar-refractivity contribution in [2.24, 2.45) is 0 Å². The molecule has 0 radical (unpaired) electrons. The van der Waals surface area contributed by atoms with Gasteiger partial charge in [0.1, 0.15) is 11.9 Å². The lowest BCUT2D eigenvalue weighted by atomic mass is 9.95. The molecule has 7 heteroatoms. The van der Waals surface area contributed by atoms with Gasteiger partial charge in [-0.1, -0.05) is 24.3 Å². The molecule has 32 heavy (non-hydrogen) atoms. The van der Waals surface area contributed by atoms with Crippen molar-refractivity contribution in [3.05, 3.63) is 47.1 Å². The summed E-state index contributed by atoms with van der Waals surface area (Å²) in [6.07, 6.45) is 3.15. The molecule has 0 unspecified atom stereocenters. The van der Waals surface area contributed by atoms with Gasteiger partial charge in [-0.3, -0.25) is 9.59 Å². The van der Waals surface area contributed by atoms with E-state index in [-0.39, 0.29) is 17.2 Å². The molecule has 174 valence electrons. The lowest BCUT2D eigenvalue weighted by Crippen LogP contribution is -2.21. The Balaban J connectivity index is 3.70. The van der Waals surface area contributed by atoms with Gasteiger partial charge in [-0.15, -0.1) is 0 Å². The molecule has 1 atom stereocenters. The van der Waals surface area contributed by atoms with Gasteiger partial charge in [0.05, 0.1) is 7.11 Å². The number of rotatable bonds is 9. The first-order valence-corrected chi connectivity index (χ1v) is 10.2. The number of carbonyl (C=O) groups excluding carboxylic acids is 3. The Labute approximate surface area is 189 Å². The van der Waals surface area contributed by atoms with Gasteiger partial charge in [-0.25, -0.2) is 4.79 Å². The Hall–Kier alpha value is -3.35. The highest BCUT2D eigenvalue weighted by atomic mass is 16.6. The zero-order valence-corrected chi connectivity index (χ0v) is 20.1. The van der Waals surface area contributed by atoms with Crippen LogP contribution < -0.4 is 14.2 Å². The van der Waals surface area contributed by atoms with Crippen molar-refractivity contribution in [1.29, 1.82) is 0 Å². The van der Waals surface area contributed by atoms with Crippen molar-refractivity contribution in [3.63, 3.8) is 0 Å². The summed E-state index contributed by atoms with van der Waals surface area (Å²) >= 11 is 0. The third-order valence-corrected chi connectivity index (χ3v) is 4.62. The minimum absolute atomic E-state index is 0.111. The Kier molecular flexibility index (Phi) is 9.91. The summed E-state index contributed by atoms with van der Waals surface area (Å²) in [5.41, 5.74) is 2.64. The average molecular weight is 445 g/mol. The second kappa shape index (κ2) is 11.9. The molecule has 0 fully saturated rings. The molecule has 0 aliphatic rings. The Bertz CT molecular complexity index is 963. The van der Waals surface area contributed by atoms with E-state index in [0.717, 1.165) is 5.57 Å². The summed E-state index contributed by atoms with van der Waals surface area (Å²) < 4.78 is 22.0. The first-order chi connectivity index (χ1) is 14.9. The first kappa shape index (κ1) is 26.7. The van der Waals surface area contributed by atoms with Gasteiger partial charge >= 0.3 is 17.9 Å². The van der Waals surface area contributed by atoms with E-state index in [0.29, 0.717) is 28.7 Å². The van der Waals surface area contributed by atoms with Crippen molar-refractivity contribution >= 4 is 23.5 Å². The van der Waals surface area contributed by atoms with E-state index < -0.39 is 24.0 Å². The SMILES string of the molecule is C=C(c1cc(OC(C)=O)c(C)c(OC)c1OC(C)=O)[C@H](CC=C(C)C)OC(=O)/C(C)=C\C. The predicted octanol–water partition coefficient (Wildman–Crippen LogP) is 5.10. The molecular weight excluding hydrogens is 412 g/mol. The summed E-state index contributed by atoms with van der Waals surface area (Å²) in [6.45, 7) is 15.6. The quantitative estimate of drug-likeness (QED) is 0.226. The molecule has 1 rings (SSSR count). The maximum absolute atomic E-state index is 12.5. The lowest BCUT2D eigenvalue weighted by Gasteiger charge is -2.24. The van der Waals surface area contributed by atoms with E-state index in [1.165, 1.54) is 27.0 Å². The number of esters is 3. The molecule has 0 N–H and O–H groups in total. The summed E-state index contributed by atoms with van der Waals surface area (Å²) in [5, 5.41) is 0. The lowest BCUT2D eigenvalue weighted by molar-refractivity contribution is -0.141. The largest absolute Gasteiger partial charge is 0.492 e. The van der Waals surface area contributed by atoms with Crippen LogP contribution in [0.3, 0.4) is 0 Å². The van der Waals surface area contributed by atoms with Gasteiger partial charge in [0.25, 0.3) is 0 Å². The summed E-state index contributed by atoms with van der Waals surface area (Å²) in [6, 6.07) is 1.53. The van der Waals surface area contributed by atoms with E-state index in [2.05, 4.69) is 6.58 Å². The summed E-state index contributed by atoms with van der Waals surface area (Å²) in [7, 11) is 1.41. The topological polar surface area (TPSA) is 88.1 Å². The fourth-order valence-corrected chi connectivity index (χ4v) is 2.82. The number of ether oxygens (including phenoxy) is 4. The molecule has 0 aliphatic carbocycles. The van der Waals surface area contributed by atoms with Crippen LogP contribution in [0.2, 0.25) is 0 Å². The molecule has 0 aliphatic heterocycles. The summed E-state index contributed by atoms with van der Waals surface area (Å²) in [4.78, 5) is 35.9. The molecule has 0 spiro atoms. The molecule has 0 heterocycles. The third-order valence-electron chi connectivity index (χ3n) is 4.62. The van der Waals surface area contributed by atoms with Crippen molar-refractivity contribution in [1.82, 2.24) is 0 Å². The van der Waals surface area contributed by atoms with Crippen molar-refractivity contribution in [2.75, 3.05) is 7.11 Å². The molecular formula is C25H32O7. The fourth-order valence-electron chi connectivity index (χ4n) is 2.82. The zero-order valence-electron chi connectivity index (χ0n) is 20.1. The predicted molar refractivity (Wildman–Crippen MR) is 123 cm³/mol. The van der Waals surface area contributed by atoms with Crippen LogP contribution in [0.15, 0.2) is 35.9 Å². The normalized spacial score (nSPS) is 11.8. The third kappa shape index (κ3) is 7.11. The number of hydrogen-bond acceptors (Lipinski definition) is 7. The monoisotopic (exact) mass is 444 g/mol. The molecule has 0 saturated carbocycles. The second-order valence-corrected chi connectivity index (χ2v) is 7.50. The van der Waals surface area contributed by atoms with Crippen LogP contribution >= 0.6 is 0 Å². The van der Waals surface area contributed by atoms with E-state index >= 15 is 0 Å². The molecule has 0 aromatic heterocycles. The highest BCUT2D eigenvalue weighted by Gasteiger charge is 2.27. The summed E-state index contributed by atoms with van der Waals surface area (Å²) in [5.74, 6) is -1.04. The van der Waals surface area contributed by atoms with Crippen LogP contribution in [0.4, 0.5) is 0 Å². The highest BCUT2D eigenvalue weighted by Crippen LogP contribution is 2.44. The van der Waals surface area contributed by atoms with Crippen molar-refractivity contribution in [3.8, 4) is 17.2 Å². The molecule has 1 aromatic rings. The number of methoxy groups -OCH3 is 1. The Morgan fingerprint density at radius 1 is 1.03 bits per heavy atom. The van der Waals surface area contributed by atoms with Crippen LogP contribution in [0.1, 0.15) is 59.1 Å². The van der Waals surface area contributed by atoms with Gasteiger partial charge < -0.3 is 18.9 Å². The van der Waals surface area contributed by atoms with E-state index in [9.17, 15) is 14.4 Å². The molecule has 0 saturated heterocycles. The minimum atomic E-state index is -0.765. The Morgan fingerprint density at radius 3 is 2.09 bits per heavy atom. The van der Waals surface area contributed by atoms with E-state index in [1.807, 2.05) is 19.9 Å². The second-order valence-electron chi connectivity index (χ2n) is 7.50. The van der Waals surface area contributed by atoms with Crippen LogP contribution in [0.25, 0.3) is 5.57 Å². The molecule has 0 bridgehead atoms. The van der Waals surface area contributed by atoms with E-state index in [1.54, 1.807) is 26.8 Å². The van der Waals surface area contributed by atoms with Crippen LogP contribution in [-0.2, 0) is 19.1 Å². The fraction of sp³-hybridized carbons (Fsp3) is 0.400. The maximum Gasteiger partial charge on any atom is 0.333 e. The molecule has 7 nitrogen and oxygen atoms in total. The van der Waals surface area contributed by atoms with Gasteiger partial charge in [-0.2, -0.15) is 0 Å². The average Bonchev–Trinajstić information content (AvgIpc) is 2.71. The van der Waals surface area contributed by atoms with Gasteiger partial charge in [0.2, 0.25) is 0 Å². The van der Waals surface area contributed by atoms with Crippen LogP contribution in [-0.4, -0.2) is 31.1 Å². The number of allylic oxidation sites excluding steroid dienone is 2.